The van der Waals surface area contributed by atoms with Crippen molar-refractivity contribution in [1.82, 2.24) is 0 Å². The first kappa shape index (κ1) is 12.5. The van der Waals surface area contributed by atoms with E-state index in [4.69, 9.17) is 4.43 Å². The first-order valence-electron chi connectivity index (χ1n) is 5.67. The molecule has 0 aromatic heterocycles. The van der Waals surface area contributed by atoms with E-state index in [1.165, 1.54) is 17.5 Å². The van der Waals surface area contributed by atoms with E-state index in [2.05, 4.69) is 52.0 Å². The van der Waals surface area contributed by atoms with Crippen molar-refractivity contribution < 1.29 is 4.43 Å². The fraction of sp³-hybridized carbons (Fsp3) is 0.538. The Morgan fingerprint density at radius 2 is 1.93 bits per heavy atom. The van der Waals surface area contributed by atoms with Crippen LogP contribution in [0.15, 0.2) is 24.3 Å². The minimum Gasteiger partial charge on any atom is -0.419 e. The summed E-state index contributed by atoms with van der Waals surface area (Å²) in [5, 5.41) is 0. The molecule has 0 saturated carbocycles. The van der Waals surface area contributed by atoms with Gasteiger partial charge in [-0.3, -0.25) is 0 Å². The maximum Gasteiger partial charge on any atom is 0.147 e. The van der Waals surface area contributed by atoms with Gasteiger partial charge in [-0.1, -0.05) is 38.1 Å². The largest absolute Gasteiger partial charge is 0.419 e. The summed E-state index contributed by atoms with van der Waals surface area (Å²) in [6.07, 6.45) is 1.17. The van der Waals surface area contributed by atoms with E-state index in [1.54, 1.807) is 0 Å². The van der Waals surface area contributed by atoms with Crippen LogP contribution >= 0.6 is 0 Å². The first-order valence-corrected chi connectivity index (χ1v) is 6.49. The summed E-state index contributed by atoms with van der Waals surface area (Å²) in [7, 11) is 0.777. The lowest BCUT2D eigenvalue weighted by atomic mass is 9.86. The quantitative estimate of drug-likeness (QED) is 0.712. The summed E-state index contributed by atoms with van der Waals surface area (Å²) in [6.45, 7) is 8.82. The van der Waals surface area contributed by atoms with E-state index in [0.717, 1.165) is 10.5 Å². The fourth-order valence-electron chi connectivity index (χ4n) is 1.80. The molecule has 0 bridgehead atoms. The SMILES string of the molecule is CCC(C)c1ccccc1C(C)(C)O[SiH3]. The minimum absolute atomic E-state index is 0.133. The molecule has 1 aromatic rings. The van der Waals surface area contributed by atoms with E-state index >= 15 is 0 Å². The zero-order valence-electron chi connectivity index (χ0n) is 10.5. The topological polar surface area (TPSA) is 9.23 Å². The van der Waals surface area contributed by atoms with Gasteiger partial charge in [0, 0.05) is 0 Å². The van der Waals surface area contributed by atoms with Gasteiger partial charge >= 0.3 is 0 Å². The van der Waals surface area contributed by atoms with Crippen LogP contribution in [0, 0.1) is 0 Å². The Morgan fingerprint density at radius 1 is 1.33 bits per heavy atom. The van der Waals surface area contributed by atoms with Crippen molar-refractivity contribution in [2.24, 2.45) is 0 Å². The summed E-state index contributed by atoms with van der Waals surface area (Å²) in [6, 6.07) is 8.64. The lowest BCUT2D eigenvalue weighted by molar-refractivity contribution is 0.122. The number of hydrogen-bond donors (Lipinski definition) is 0. The Kier molecular flexibility index (Phi) is 4.11. The maximum absolute atomic E-state index is 5.70. The Morgan fingerprint density at radius 3 is 2.47 bits per heavy atom. The highest BCUT2D eigenvalue weighted by molar-refractivity contribution is 5.98. The van der Waals surface area contributed by atoms with Crippen LogP contribution < -0.4 is 0 Å². The van der Waals surface area contributed by atoms with E-state index in [-0.39, 0.29) is 5.60 Å². The van der Waals surface area contributed by atoms with Crippen LogP contribution in [0.2, 0.25) is 0 Å². The summed E-state index contributed by atoms with van der Waals surface area (Å²) in [5.41, 5.74) is 2.64. The maximum atomic E-state index is 5.70. The van der Waals surface area contributed by atoms with Crippen molar-refractivity contribution in [2.45, 2.75) is 45.6 Å². The molecule has 0 spiro atoms. The third-order valence-corrected chi connectivity index (χ3v) is 4.28. The van der Waals surface area contributed by atoms with Gasteiger partial charge in [-0.05, 0) is 37.3 Å². The Balaban J connectivity index is 3.17. The molecule has 2 heteroatoms. The fourth-order valence-corrected chi connectivity index (χ4v) is 2.02. The highest BCUT2D eigenvalue weighted by Gasteiger charge is 2.23. The van der Waals surface area contributed by atoms with Gasteiger partial charge in [-0.2, -0.15) is 0 Å². The zero-order chi connectivity index (χ0) is 11.5. The lowest BCUT2D eigenvalue weighted by Gasteiger charge is -2.28. The van der Waals surface area contributed by atoms with E-state index in [0.29, 0.717) is 5.92 Å². The van der Waals surface area contributed by atoms with Gasteiger partial charge in [0.25, 0.3) is 0 Å². The zero-order valence-corrected chi connectivity index (χ0v) is 12.5. The second kappa shape index (κ2) is 4.95. The molecule has 15 heavy (non-hydrogen) atoms. The van der Waals surface area contributed by atoms with E-state index in [1.807, 2.05) is 0 Å². The van der Waals surface area contributed by atoms with Gasteiger partial charge in [0.1, 0.15) is 10.5 Å². The Labute approximate surface area is 96.4 Å². The predicted octanol–water partition coefficient (Wildman–Crippen LogP) is 2.73. The van der Waals surface area contributed by atoms with Crippen molar-refractivity contribution in [3.05, 3.63) is 35.4 Å². The van der Waals surface area contributed by atoms with E-state index in [9.17, 15) is 0 Å². The van der Waals surface area contributed by atoms with Crippen molar-refractivity contribution >= 4 is 10.5 Å². The normalized spacial score (nSPS) is 14.1. The molecule has 0 radical (unpaired) electrons. The van der Waals surface area contributed by atoms with Crippen LogP contribution in [0.3, 0.4) is 0 Å². The summed E-state index contributed by atoms with van der Waals surface area (Å²) in [5.74, 6) is 0.609. The third kappa shape index (κ3) is 2.70. The van der Waals surface area contributed by atoms with Crippen LogP contribution in [-0.4, -0.2) is 10.5 Å². The molecule has 84 valence electrons. The lowest BCUT2D eigenvalue weighted by Crippen LogP contribution is -2.22. The molecular formula is C13H22OSi. The molecule has 1 nitrogen and oxygen atoms in total. The van der Waals surface area contributed by atoms with Gasteiger partial charge in [0.05, 0.1) is 5.60 Å². The smallest absolute Gasteiger partial charge is 0.147 e. The molecule has 0 aliphatic heterocycles. The van der Waals surface area contributed by atoms with Gasteiger partial charge < -0.3 is 4.43 Å². The van der Waals surface area contributed by atoms with Crippen LogP contribution in [0.1, 0.15) is 51.2 Å². The molecule has 0 amide bonds. The summed E-state index contributed by atoms with van der Waals surface area (Å²) >= 11 is 0. The van der Waals surface area contributed by atoms with Crippen molar-refractivity contribution in [1.29, 1.82) is 0 Å². The molecule has 0 fully saturated rings. The van der Waals surface area contributed by atoms with Gasteiger partial charge in [0.15, 0.2) is 0 Å². The monoisotopic (exact) mass is 222 g/mol. The van der Waals surface area contributed by atoms with Crippen molar-refractivity contribution in [3.8, 4) is 0 Å². The average Bonchev–Trinajstić information content (AvgIpc) is 2.28. The molecule has 0 saturated heterocycles. The van der Waals surface area contributed by atoms with Crippen LogP contribution in [-0.2, 0) is 10.0 Å². The highest BCUT2D eigenvalue weighted by atomic mass is 28.2. The second-order valence-electron chi connectivity index (χ2n) is 4.61. The standard InChI is InChI=1S/C13H22OSi/c1-5-10(2)11-8-6-7-9-12(11)13(3,4)14-15/h6-10H,5H2,1-4,15H3. The van der Waals surface area contributed by atoms with Gasteiger partial charge in [0.2, 0.25) is 0 Å². The second-order valence-corrected chi connectivity index (χ2v) is 5.02. The molecule has 1 atom stereocenters. The van der Waals surface area contributed by atoms with Crippen molar-refractivity contribution in [2.75, 3.05) is 0 Å². The molecule has 0 aliphatic carbocycles. The van der Waals surface area contributed by atoms with Crippen molar-refractivity contribution in [3.63, 3.8) is 0 Å². The summed E-state index contributed by atoms with van der Waals surface area (Å²) in [4.78, 5) is 0. The predicted molar refractivity (Wildman–Crippen MR) is 69.2 cm³/mol. The molecular weight excluding hydrogens is 200 g/mol. The molecule has 0 heterocycles. The number of rotatable bonds is 4. The Hall–Kier alpha value is -0.603. The molecule has 1 aromatic carbocycles. The third-order valence-electron chi connectivity index (χ3n) is 3.26. The van der Waals surface area contributed by atoms with E-state index < -0.39 is 0 Å². The molecule has 1 unspecified atom stereocenters. The molecule has 1 rings (SSSR count). The highest BCUT2D eigenvalue weighted by Crippen LogP contribution is 2.32. The number of hydrogen-bond acceptors (Lipinski definition) is 1. The molecule has 0 N–H and O–H groups in total. The summed E-state index contributed by atoms with van der Waals surface area (Å²) < 4.78 is 5.70. The van der Waals surface area contributed by atoms with Crippen LogP contribution in [0.5, 0.6) is 0 Å². The van der Waals surface area contributed by atoms with Gasteiger partial charge in [-0.15, -0.1) is 0 Å². The van der Waals surface area contributed by atoms with Crippen LogP contribution in [0.4, 0.5) is 0 Å². The first-order chi connectivity index (χ1) is 7.03. The average molecular weight is 222 g/mol. The van der Waals surface area contributed by atoms with Gasteiger partial charge in [-0.25, -0.2) is 0 Å². The minimum atomic E-state index is -0.133. The number of benzene rings is 1. The molecule has 0 aliphatic rings. The van der Waals surface area contributed by atoms with Crippen LogP contribution in [0.25, 0.3) is 0 Å². The Bertz CT molecular complexity index is 320.